The van der Waals surface area contributed by atoms with E-state index in [-0.39, 0.29) is 23.9 Å². The van der Waals surface area contributed by atoms with Crippen molar-refractivity contribution in [2.24, 2.45) is 0 Å². The van der Waals surface area contributed by atoms with Gasteiger partial charge in [0, 0.05) is 18.1 Å². The highest BCUT2D eigenvalue weighted by Gasteiger charge is 2.32. The first-order chi connectivity index (χ1) is 10.8. The highest BCUT2D eigenvalue weighted by Crippen LogP contribution is 2.26. The summed E-state index contributed by atoms with van der Waals surface area (Å²) < 4.78 is 5.27. The fourth-order valence-corrected chi connectivity index (χ4v) is 2.79. The van der Waals surface area contributed by atoms with Crippen LogP contribution in [-0.4, -0.2) is 28.9 Å². The number of phenolic OH excluding ortho intramolecular Hbond substituents is 1. The van der Waals surface area contributed by atoms with Crippen LogP contribution >= 0.6 is 0 Å². The van der Waals surface area contributed by atoms with Crippen LogP contribution in [0, 0.1) is 0 Å². The van der Waals surface area contributed by atoms with Crippen molar-refractivity contribution in [2.45, 2.75) is 70.7 Å². The Morgan fingerprint density at radius 2 is 1.87 bits per heavy atom. The van der Waals surface area contributed by atoms with E-state index in [1.54, 1.807) is 12.1 Å². The Hall–Kier alpha value is -1.75. The number of alkyl carbamates (subject to hydrolysis) is 1. The van der Waals surface area contributed by atoms with Gasteiger partial charge >= 0.3 is 6.09 Å². The number of nitrogens with one attached hydrogen (secondary N) is 2. The Morgan fingerprint density at radius 3 is 2.39 bits per heavy atom. The lowest BCUT2D eigenvalue weighted by Crippen LogP contribution is -2.53. The number of hydrogen-bond donors (Lipinski definition) is 3. The monoisotopic (exact) mass is 320 g/mol. The van der Waals surface area contributed by atoms with Gasteiger partial charge in [0.05, 0.1) is 0 Å². The SMILES string of the molecule is CCC(NC1CC(NC(=O)OC(C)(C)C)C1)c1ccc(O)cc1. The Balaban J connectivity index is 1.76. The number of amides is 1. The molecule has 0 aromatic heterocycles. The first-order valence-corrected chi connectivity index (χ1v) is 8.31. The number of aromatic hydroxyl groups is 1. The number of rotatable bonds is 5. The van der Waals surface area contributed by atoms with E-state index < -0.39 is 5.60 Å². The van der Waals surface area contributed by atoms with Crippen molar-refractivity contribution in [3.05, 3.63) is 29.8 Å². The minimum absolute atomic E-state index is 0.180. The summed E-state index contributed by atoms with van der Waals surface area (Å²) in [6.45, 7) is 7.73. The van der Waals surface area contributed by atoms with Gasteiger partial charge in [0.25, 0.3) is 0 Å². The van der Waals surface area contributed by atoms with Gasteiger partial charge < -0.3 is 20.5 Å². The molecule has 1 saturated carbocycles. The van der Waals surface area contributed by atoms with Gasteiger partial charge in [-0.15, -0.1) is 0 Å². The highest BCUT2D eigenvalue weighted by atomic mass is 16.6. The fourth-order valence-electron chi connectivity index (χ4n) is 2.79. The maximum Gasteiger partial charge on any atom is 0.407 e. The second-order valence-electron chi connectivity index (χ2n) is 7.23. The highest BCUT2D eigenvalue weighted by molar-refractivity contribution is 5.68. The van der Waals surface area contributed by atoms with Gasteiger partial charge in [-0.05, 0) is 57.7 Å². The molecule has 1 fully saturated rings. The summed E-state index contributed by atoms with van der Waals surface area (Å²) in [6, 6.07) is 8.18. The predicted octanol–water partition coefficient (Wildman–Crippen LogP) is 3.49. The molecule has 2 rings (SSSR count). The second-order valence-corrected chi connectivity index (χ2v) is 7.23. The number of carbonyl (C=O) groups is 1. The molecule has 1 aliphatic rings. The van der Waals surface area contributed by atoms with Crippen molar-refractivity contribution >= 4 is 6.09 Å². The van der Waals surface area contributed by atoms with Crippen molar-refractivity contribution in [1.29, 1.82) is 0 Å². The van der Waals surface area contributed by atoms with Crippen molar-refractivity contribution < 1.29 is 14.6 Å². The molecule has 3 N–H and O–H groups in total. The van der Waals surface area contributed by atoms with Crippen LogP contribution in [0.15, 0.2) is 24.3 Å². The second kappa shape index (κ2) is 7.21. The Morgan fingerprint density at radius 1 is 1.26 bits per heavy atom. The third kappa shape index (κ3) is 5.43. The molecule has 0 spiro atoms. The lowest BCUT2D eigenvalue weighted by molar-refractivity contribution is 0.0462. The van der Waals surface area contributed by atoms with Crippen molar-refractivity contribution in [3.63, 3.8) is 0 Å². The number of ether oxygens (including phenoxy) is 1. The smallest absolute Gasteiger partial charge is 0.407 e. The van der Waals surface area contributed by atoms with Gasteiger partial charge in [-0.25, -0.2) is 4.79 Å². The number of hydrogen-bond acceptors (Lipinski definition) is 4. The molecule has 0 heterocycles. The van der Waals surface area contributed by atoms with Crippen molar-refractivity contribution in [2.75, 3.05) is 0 Å². The molecule has 1 unspecified atom stereocenters. The molecule has 128 valence electrons. The molecule has 1 amide bonds. The summed E-state index contributed by atoms with van der Waals surface area (Å²) >= 11 is 0. The normalized spacial score (nSPS) is 22.1. The molecule has 0 radical (unpaired) electrons. The van der Waals surface area contributed by atoms with Gasteiger partial charge in [0.1, 0.15) is 11.4 Å². The van der Waals surface area contributed by atoms with E-state index in [0.717, 1.165) is 19.3 Å². The average Bonchev–Trinajstić information content (AvgIpc) is 2.40. The maximum atomic E-state index is 11.7. The molecule has 0 saturated heterocycles. The van der Waals surface area contributed by atoms with Crippen LogP contribution in [0.5, 0.6) is 5.75 Å². The number of benzene rings is 1. The van der Waals surface area contributed by atoms with Crippen LogP contribution in [0.1, 0.15) is 58.6 Å². The quantitative estimate of drug-likeness (QED) is 0.776. The Labute approximate surface area is 138 Å². The molecular formula is C18H28N2O3. The first kappa shape index (κ1) is 17.6. The van der Waals surface area contributed by atoms with Gasteiger partial charge in [-0.1, -0.05) is 19.1 Å². The minimum Gasteiger partial charge on any atom is -0.508 e. The summed E-state index contributed by atoms with van der Waals surface area (Å²) in [5.41, 5.74) is 0.714. The van der Waals surface area contributed by atoms with E-state index in [1.165, 1.54) is 5.56 Å². The molecule has 23 heavy (non-hydrogen) atoms. The third-order valence-electron chi connectivity index (χ3n) is 4.00. The van der Waals surface area contributed by atoms with Crippen LogP contribution in [0.3, 0.4) is 0 Å². The average molecular weight is 320 g/mol. The lowest BCUT2D eigenvalue weighted by atomic mass is 9.85. The van der Waals surface area contributed by atoms with Crippen molar-refractivity contribution in [1.82, 2.24) is 10.6 Å². The lowest BCUT2D eigenvalue weighted by Gasteiger charge is -2.39. The summed E-state index contributed by atoms with van der Waals surface area (Å²) in [4.78, 5) is 11.7. The fraction of sp³-hybridized carbons (Fsp3) is 0.611. The molecule has 1 aromatic rings. The van der Waals surface area contributed by atoms with E-state index in [2.05, 4.69) is 17.6 Å². The predicted molar refractivity (Wildman–Crippen MR) is 90.5 cm³/mol. The van der Waals surface area contributed by atoms with Gasteiger partial charge in [-0.3, -0.25) is 0 Å². The largest absolute Gasteiger partial charge is 0.508 e. The van der Waals surface area contributed by atoms with Crippen LogP contribution in [0.2, 0.25) is 0 Å². The summed E-state index contributed by atoms with van der Waals surface area (Å²) in [5, 5.41) is 15.9. The zero-order valence-corrected chi connectivity index (χ0v) is 14.4. The molecule has 5 nitrogen and oxygen atoms in total. The van der Waals surface area contributed by atoms with Crippen molar-refractivity contribution in [3.8, 4) is 5.75 Å². The van der Waals surface area contributed by atoms with E-state index in [0.29, 0.717) is 6.04 Å². The molecule has 1 aromatic carbocycles. The van der Waals surface area contributed by atoms with E-state index >= 15 is 0 Å². The Bertz CT molecular complexity index is 516. The molecule has 5 heteroatoms. The zero-order valence-electron chi connectivity index (χ0n) is 14.4. The van der Waals surface area contributed by atoms with Gasteiger partial charge in [0.2, 0.25) is 0 Å². The zero-order chi connectivity index (χ0) is 17.0. The molecule has 1 aliphatic carbocycles. The number of carbonyl (C=O) groups excluding carboxylic acids is 1. The molecular weight excluding hydrogens is 292 g/mol. The topological polar surface area (TPSA) is 70.6 Å². The molecule has 1 atom stereocenters. The van der Waals surface area contributed by atoms with Gasteiger partial charge in [-0.2, -0.15) is 0 Å². The summed E-state index contributed by atoms with van der Waals surface area (Å²) in [5.74, 6) is 0.286. The van der Waals surface area contributed by atoms with Crippen LogP contribution in [0.25, 0.3) is 0 Å². The third-order valence-corrected chi connectivity index (χ3v) is 4.00. The van der Waals surface area contributed by atoms with E-state index in [9.17, 15) is 9.90 Å². The minimum atomic E-state index is -0.461. The number of phenols is 1. The molecule has 0 aliphatic heterocycles. The van der Waals surface area contributed by atoms with E-state index in [4.69, 9.17) is 4.74 Å². The standard InChI is InChI=1S/C18H28N2O3/c1-5-16(12-6-8-15(21)9-7-12)19-13-10-14(11-13)20-17(22)23-18(2,3)4/h6-9,13-14,16,19,21H,5,10-11H2,1-4H3,(H,20,22). The summed E-state index contributed by atoms with van der Waals surface area (Å²) in [7, 11) is 0. The Kier molecular flexibility index (Phi) is 5.52. The molecule has 0 bridgehead atoms. The van der Waals surface area contributed by atoms with Crippen LogP contribution < -0.4 is 10.6 Å². The first-order valence-electron chi connectivity index (χ1n) is 8.31. The van der Waals surface area contributed by atoms with Gasteiger partial charge in [0.15, 0.2) is 0 Å². The summed E-state index contributed by atoms with van der Waals surface area (Å²) in [6.07, 6.45) is 2.46. The van der Waals surface area contributed by atoms with Crippen LogP contribution in [0.4, 0.5) is 4.79 Å². The van der Waals surface area contributed by atoms with Crippen LogP contribution in [-0.2, 0) is 4.74 Å². The van der Waals surface area contributed by atoms with E-state index in [1.807, 2.05) is 32.9 Å². The maximum absolute atomic E-state index is 11.7.